The Balaban J connectivity index is -0.000000950. The fourth-order valence-corrected chi connectivity index (χ4v) is 9.52. The van der Waals surface area contributed by atoms with E-state index in [1.165, 1.54) is 286 Å². The van der Waals surface area contributed by atoms with E-state index >= 15 is 0 Å². The number of unbranched alkanes of at least 4 members (excludes halogenated alkanes) is 30. The van der Waals surface area contributed by atoms with Crippen molar-refractivity contribution in [2.75, 3.05) is 53.4 Å². The second kappa shape index (κ2) is 51.3. The zero-order chi connectivity index (χ0) is 49.4. The molecule has 0 amide bonds. The molecule has 0 saturated carbocycles. The Morgan fingerprint density at radius 3 is 0.896 bits per heavy atom. The fraction of sp³-hybridized carbons (Fsp3) is 0.883. The molecule has 0 fully saturated rings. The third-order valence-corrected chi connectivity index (χ3v) is 14.3. The van der Waals surface area contributed by atoms with Gasteiger partial charge in [-0.25, -0.2) is 0 Å². The zero-order valence-corrected chi connectivity index (χ0v) is 48.4. The van der Waals surface area contributed by atoms with E-state index in [0.717, 1.165) is 5.56 Å². The zero-order valence-electron chi connectivity index (χ0n) is 46.9. The number of carboxylic acids is 1. The molecule has 1 unspecified atom stereocenters. The lowest BCUT2D eigenvalue weighted by Gasteiger charge is -2.35. The molecular formula is C60H118Cl2N2O3. The standard InChI is InChI=1S/2C25H54N.C10H11ClO3.ClH/c2*1-5-8-11-14-17-20-23-26(4,24-21-18-15-12-9-6-2)25-22-19-16-13-10-7-3;1-6-5-8(11)3-4-9(6)14-7(2)10(12)13;/h2*5-25H2,1-4H3;3-5,7H,1-2H3,(H,12,13);1H/q2*+1;;/p-2. The van der Waals surface area contributed by atoms with Gasteiger partial charge in [0.2, 0.25) is 0 Å². The van der Waals surface area contributed by atoms with Crippen LogP contribution in [-0.4, -0.2) is 74.4 Å². The summed E-state index contributed by atoms with van der Waals surface area (Å²) in [6.07, 6.45) is 50.8. The van der Waals surface area contributed by atoms with Crippen LogP contribution in [0.5, 0.6) is 5.75 Å². The van der Waals surface area contributed by atoms with E-state index in [4.69, 9.17) is 16.3 Å². The van der Waals surface area contributed by atoms with Crippen LogP contribution in [0.4, 0.5) is 0 Å². The van der Waals surface area contributed by atoms with Gasteiger partial charge in [0.1, 0.15) is 11.9 Å². The van der Waals surface area contributed by atoms with Gasteiger partial charge in [0.15, 0.2) is 0 Å². The Bertz CT molecular complexity index is 1030. The van der Waals surface area contributed by atoms with Crippen molar-refractivity contribution in [3.8, 4) is 5.75 Å². The van der Waals surface area contributed by atoms with Crippen LogP contribution in [0.1, 0.15) is 285 Å². The van der Waals surface area contributed by atoms with Crippen molar-refractivity contribution in [1.82, 2.24) is 0 Å². The summed E-state index contributed by atoms with van der Waals surface area (Å²) in [5.41, 5.74) is 0.797. The van der Waals surface area contributed by atoms with E-state index < -0.39 is 12.1 Å². The van der Waals surface area contributed by atoms with E-state index in [1.54, 1.807) is 25.1 Å². The van der Waals surface area contributed by atoms with Gasteiger partial charge in [0.05, 0.1) is 59.3 Å². The van der Waals surface area contributed by atoms with E-state index in [-0.39, 0.29) is 12.4 Å². The summed E-state index contributed by atoms with van der Waals surface area (Å²) in [5.74, 6) is -0.731. The highest BCUT2D eigenvalue weighted by atomic mass is 35.5. The lowest BCUT2D eigenvalue weighted by Crippen LogP contribution is -3.00. The highest BCUT2D eigenvalue weighted by Gasteiger charge is 2.21. The molecule has 0 spiro atoms. The number of nitrogens with zero attached hydrogens (tertiary/aromatic N) is 2. The summed E-state index contributed by atoms with van der Waals surface area (Å²) in [4.78, 5) is 10.4. The molecule has 1 atom stereocenters. The first kappa shape index (κ1) is 70.2. The number of aliphatic carboxylic acids is 1. The quantitative estimate of drug-likeness (QED) is 0.0483. The molecule has 0 radical (unpaired) electrons. The normalized spacial score (nSPS) is 11.9. The van der Waals surface area contributed by atoms with Crippen LogP contribution in [-0.2, 0) is 4.79 Å². The summed E-state index contributed by atoms with van der Waals surface area (Å²) in [6.45, 7) is 25.7. The van der Waals surface area contributed by atoms with Gasteiger partial charge in [-0.15, -0.1) is 0 Å². The third kappa shape index (κ3) is 47.1. The van der Waals surface area contributed by atoms with Gasteiger partial charge < -0.3 is 36.0 Å². The minimum Gasteiger partial charge on any atom is -1.00 e. The van der Waals surface area contributed by atoms with Gasteiger partial charge in [-0.3, -0.25) is 0 Å². The molecule has 7 heteroatoms. The van der Waals surface area contributed by atoms with Crippen LogP contribution in [0.2, 0.25) is 5.02 Å². The van der Waals surface area contributed by atoms with Gasteiger partial charge >= 0.3 is 0 Å². The number of quaternary nitrogens is 2. The smallest absolute Gasteiger partial charge is 0.135 e. The highest BCUT2D eigenvalue weighted by molar-refractivity contribution is 6.30. The van der Waals surface area contributed by atoms with Crippen LogP contribution < -0.4 is 22.3 Å². The molecule has 67 heavy (non-hydrogen) atoms. The first-order valence-electron chi connectivity index (χ1n) is 29.2. The van der Waals surface area contributed by atoms with Crippen LogP contribution in [0.3, 0.4) is 0 Å². The molecule has 0 bridgehead atoms. The summed E-state index contributed by atoms with van der Waals surface area (Å²) < 4.78 is 7.85. The molecule has 0 aliphatic heterocycles. The number of aryl methyl sites for hydroxylation is 1. The topological polar surface area (TPSA) is 49.4 Å². The number of hydrogen-bond donors (Lipinski definition) is 0. The van der Waals surface area contributed by atoms with Crippen LogP contribution in [0, 0.1) is 6.92 Å². The second-order valence-corrected chi connectivity index (χ2v) is 21.6. The highest BCUT2D eigenvalue weighted by Crippen LogP contribution is 2.23. The minimum atomic E-state index is -1.24. The van der Waals surface area contributed by atoms with Crippen LogP contribution >= 0.6 is 11.6 Å². The average Bonchev–Trinajstić information content (AvgIpc) is 3.29. The molecule has 0 aliphatic rings. The Morgan fingerprint density at radius 2 is 0.687 bits per heavy atom. The predicted octanol–water partition coefficient (Wildman–Crippen LogP) is 15.2. The van der Waals surface area contributed by atoms with Crippen molar-refractivity contribution in [2.24, 2.45) is 0 Å². The van der Waals surface area contributed by atoms with Gasteiger partial charge in [0, 0.05) is 5.02 Å². The second-order valence-electron chi connectivity index (χ2n) is 21.2. The summed E-state index contributed by atoms with van der Waals surface area (Å²) >= 11 is 5.73. The van der Waals surface area contributed by atoms with Gasteiger partial charge in [-0.1, -0.05) is 207 Å². The van der Waals surface area contributed by atoms with E-state index in [9.17, 15) is 9.90 Å². The Hall–Kier alpha value is -1.01. The lowest BCUT2D eigenvalue weighted by molar-refractivity contribution is -0.910. The number of ether oxygens (including phenoxy) is 1. The minimum absolute atomic E-state index is 0. The molecule has 0 saturated heterocycles. The number of carbonyl (C=O) groups excluding carboxylic acids is 1. The maximum Gasteiger partial charge on any atom is 0.135 e. The van der Waals surface area contributed by atoms with Gasteiger partial charge in [-0.2, -0.15) is 0 Å². The fourth-order valence-electron chi connectivity index (χ4n) is 9.30. The van der Waals surface area contributed by atoms with Crippen LogP contribution in [0.25, 0.3) is 0 Å². The monoisotopic (exact) mass is 985 g/mol. The molecule has 5 nitrogen and oxygen atoms in total. The first-order chi connectivity index (χ1) is 31.9. The Labute approximate surface area is 432 Å². The molecule has 0 aliphatic carbocycles. The van der Waals surface area contributed by atoms with Crippen molar-refractivity contribution in [1.29, 1.82) is 0 Å². The van der Waals surface area contributed by atoms with Gasteiger partial charge in [0.25, 0.3) is 0 Å². The molecule has 1 rings (SSSR count). The number of halogens is 2. The van der Waals surface area contributed by atoms with Crippen molar-refractivity contribution in [2.45, 2.75) is 293 Å². The molecular weight excluding hydrogens is 868 g/mol. The molecule has 0 heterocycles. The number of rotatable bonds is 45. The van der Waals surface area contributed by atoms with E-state index in [0.29, 0.717) is 10.8 Å². The predicted molar refractivity (Wildman–Crippen MR) is 293 cm³/mol. The van der Waals surface area contributed by atoms with Crippen LogP contribution in [0.15, 0.2) is 18.2 Å². The molecule has 400 valence electrons. The first-order valence-corrected chi connectivity index (χ1v) is 29.6. The third-order valence-electron chi connectivity index (χ3n) is 14.1. The Kier molecular flexibility index (Phi) is 53.8. The van der Waals surface area contributed by atoms with E-state index in [2.05, 4.69) is 55.6 Å². The van der Waals surface area contributed by atoms with Gasteiger partial charge in [-0.05, 0) is 115 Å². The SMILES string of the molecule is CCCCCCCC[N+](C)(CCCCCCCC)CCCCCCCC.CCCCCCCC[N+](C)(CCCCCCCC)CCCCCCCC.Cc1cc(Cl)ccc1OC(C)C(=O)[O-].[Cl-]. The maximum atomic E-state index is 10.4. The lowest BCUT2D eigenvalue weighted by atomic mass is 10.1. The maximum absolute atomic E-state index is 10.4. The molecule has 0 aromatic heterocycles. The average molecular weight is 987 g/mol. The van der Waals surface area contributed by atoms with E-state index in [1.807, 2.05) is 0 Å². The molecule has 1 aromatic carbocycles. The van der Waals surface area contributed by atoms with Crippen molar-refractivity contribution >= 4 is 17.6 Å². The number of hydrogen-bond acceptors (Lipinski definition) is 3. The Morgan fingerprint density at radius 1 is 0.463 bits per heavy atom. The molecule has 0 N–H and O–H groups in total. The molecule has 1 aromatic rings. The number of carbonyl (C=O) groups is 1. The number of carboxylic acid groups (broad SMARTS) is 1. The summed E-state index contributed by atoms with van der Waals surface area (Å²) in [6, 6.07) is 4.99. The van der Waals surface area contributed by atoms with Crippen molar-refractivity contribution in [3.05, 3.63) is 28.8 Å². The summed E-state index contributed by atoms with van der Waals surface area (Å²) in [7, 11) is 5.12. The van der Waals surface area contributed by atoms with Crippen molar-refractivity contribution < 1.29 is 36.0 Å². The summed E-state index contributed by atoms with van der Waals surface area (Å²) in [5, 5.41) is 11.0. The number of benzene rings is 1. The largest absolute Gasteiger partial charge is 1.00 e. The van der Waals surface area contributed by atoms with Crippen molar-refractivity contribution in [3.63, 3.8) is 0 Å².